The molecule has 1 atom stereocenters. The Labute approximate surface area is 152 Å². The Hall–Kier alpha value is -2.25. The summed E-state index contributed by atoms with van der Waals surface area (Å²) in [5.41, 5.74) is 1.94. The lowest BCUT2D eigenvalue weighted by Crippen LogP contribution is -2.52. The Morgan fingerprint density at radius 2 is 2.00 bits per heavy atom. The van der Waals surface area contributed by atoms with Gasteiger partial charge in [-0.15, -0.1) is 0 Å². The maximum Gasteiger partial charge on any atom is 0.241 e. The molecule has 3 rings (SSSR count). The van der Waals surface area contributed by atoms with Crippen molar-refractivity contribution in [3.05, 3.63) is 47.1 Å². The molecule has 1 N–H and O–H groups in total. The van der Waals surface area contributed by atoms with Crippen molar-refractivity contribution in [1.29, 1.82) is 0 Å². The van der Waals surface area contributed by atoms with E-state index in [9.17, 15) is 9.18 Å². The summed E-state index contributed by atoms with van der Waals surface area (Å²) in [5, 5.41) is 6.71. The summed E-state index contributed by atoms with van der Waals surface area (Å²) >= 11 is 0. The van der Waals surface area contributed by atoms with Gasteiger partial charge in [-0.2, -0.15) is 0 Å². The second-order valence-corrected chi connectivity index (χ2v) is 6.88. The van der Waals surface area contributed by atoms with Crippen molar-refractivity contribution >= 4 is 11.6 Å². The quantitative estimate of drug-likeness (QED) is 0.888. The molecule has 6 nitrogen and oxygen atoms in total. The molecule has 0 spiro atoms. The fourth-order valence-corrected chi connectivity index (χ4v) is 3.10. The zero-order chi connectivity index (χ0) is 18.7. The van der Waals surface area contributed by atoms with Gasteiger partial charge in [0.05, 0.1) is 18.3 Å². The number of aromatic nitrogens is 1. The van der Waals surface area contributed by atoms with Gasteiger partial charge >= 0.3 is 0 Å². The van der Waals surface area contributed by atoms with Crippen molar-refractivity contribution in [3.63, 3.8) is 0 Å². The Kier molecular flexibility index (Phi) is 5.68. The van der Waals surface area contributed by atoms with E-state index < -0.39 is 0 Å². The van der Waals surface area contributed by atoms with E-state index in [1.54, 1.807) is 19.1 Å². The van der Waals surface area contributed by atoms with E-state index in [4.69, 9.17) is 4.52 Å². The number of rotatable bonds is 5. The number of carbonyl (C=O) groups excluding carboxylic acids is 1. The van der Waals surface area contributed by atoms with Crippen molar-refractivity contribution < 1.29 is 13.7 Å². The number of nitrogens with zero attached hydrogens (tertiary/aromatic N) is 3. The molecule has 1 fully saturated rings. The highest BCUT2D eigenvalue weighted by Gasteiger charge is 2.26. The van der Waals surface area contributed by atoms with E-state index in [0.29, 0.717) is 11.3 Å². The van der Waals surface area contributed by atoms with Gasteiger partial charge in [0, 0.05) is 37.9 Å². The van der Waals surface area contributed by atoms with Gasteiger partial charge in [-0.25, -0.2) is 4.39 Å². The maximum atomic E-state index is 13.6. The molecule has 1 saturated heterocycles. The zero-order valence-electron chi connectivity index (χ0n) is 15.5. The highest BCUT2D eigenvalue weighted by molar-refractivity contribution is 5.94. The van der Waals surface area contributed by atoms with Gasteiger partial charge < -0.3 is 9.84 Å². The average molecular weight is 360 g/mol. The second-order valence-electron chi connectivity index (χ2n) is 6.88. The van der Waals surface area contributed by atoms with E-state index in [1.165, 1.54) is 6.07 Å². The average Bonchev–Trinajstić information content (AvgIpc) is 3.03. The molecule has 0 radical (unpaired) electrons. The summed E-state index contributed by atoms with van der Waals surface area (Å²) in [6.45, 7) is 9.53. The van der Waals surface area contributed by atoms with Crippen molar-refractivity contribution in [2.24, 2.45) is 0 Å². The Morgan fingerprint density at radius 3 is 2.62 bits per heavy atom. The Morgan fingerprint density at radius 1 is 1.27 bits per heavy atom. The number of halogens is 1. The third-order valence-electron chi connectivity index (χ3n) is 4.83. The third-order valence-corrected chi connectivity index (χ3v) is 4.83. The first-order valence-corrected chi connectivity index (χ1v) is 8.88. The van der Waals surface area contributed by atoms with Gasteiger partial charge in [0.2, 0.25) is 5.91 Å². The first-order valence-electron chi connectivity index (χ1n) is 8.88. The fraction of sp³-hybridized carbons (Fsp3) is 0.474. The summed E-state index contributed by atoms with van der Waals surface area (Å²) in [5.74, 6) is 0.433. The van der Waals surface area contributed by atoms with Crippen LogP contribution >= 0.6 is 0 Å². The summed E-state index contributed by atoms with van der Waals surface area (Å²) in [6.07, 6.45) is 0. The molecule has 1 aliphatic heterocycles. The molecule has 7 heteroatoms. The van der Waals surface area contributed by atoms with Crippen LogP contribution in [0.1, 0.15) is 23.9 Å². The monoisotopic (exact) mass is 360 g/mol. The van der Waals surface area contributed by atoms with Gasteiger partial charge in [-0.05, 0) is 38.5 Å². The van der Waals surface area contributed by atoms with Crippen molar-refractivity contribution in [2.45, 2.75) is 33.4 Å². The standard InChI is InChI=1S/C19H25FN4O2/c1-13-4-5-16(11-18(13)20)21-19(25)15(3)24-8-6-23(7-9-24)12-17-10-14(2)22-26-17/h4-5,10-11,15H,6-9,12H2,1-3H3,(H,21,25). The molecule has 1 amide bonds. The third kappa shape index (κ3) is 4.47. The summed E-state index contributed by atoms with van der Waals surface area (Å²) in [6, 6.07) is 6.43. The van der Waals surface area contributed by atoms with Crippen LogP contribution in [0, 0.1) is 19.7 Å². The molecular formula is C19H25FN4O2. The first-order chi connectivity index (χ1) is 12.4. The summed E-state index contributed by atoms with van der Waals surface area (Å²) < 4.78 is 18.9. The highest BCUT2D eigenvalue weighted by Crippen LogP contribution is 2.16. The molecule has 140 valence electrons. The zero-order valence-corrected chi connectivity index (χ0v) is 15.5. The van der Waals surface area contributed by atoms with E-state index in [1.807, 2.05) is 19.9 Å². The number of hydrogen-bond acceptors (Lipinski definition) is 5. The molecule has 2 aromatic rings. The minimum absolute atomic E-state index is 0.118. The van der Waals surface area contributed by atoms with Gasteiger partial charge in [-0.3, -0.25) is 14.6 Å². The molecule has 26 heavy (non-hydrogen) atoms. The minimum atomic E-state index is -0.313. The van der Waals surface area contributed by atoms with Crippen LogP contribution in [-0.4, -0.2) is 53.1 Å². The van der Waals surface area contributed by atoms with Crippen molar-refractivity contribution in [1.82, 2.24) is 15.0 Å². The predicted octanol–water partition coefficient (Wildman–Crippen LogP) is 2.58. The minimum Gasteiger partial charge on any atom is -0.360 e. The first kappa shape index (κ1) is 18.5. The van der Waals surface area contributed by atoms with E-state index in [0.717, 1.165) is 44.2 Å². The highest BCUT2D eigenvalue weighted by atomic mass is 19.1. The second kappa shape index (κ2) is 7.97. The van der Waals surface area contributed by atoms with Crippen LogP contribution in [0.3, 0.4) is 0 Å². The number of carbonyl (C=O) groups is 1. The normalized spacial score (nSPS) is 17.2. The summed E-state index contributed by atoms with van der Waals surface area (Å²) in [7, 11) is 0. The maximum absolute atomic E-state index is 13.6. The molecule has 1 aliphatic rings. The van der Waals surface area contributed by atoms with Gasteiger partial charge in [0.25, 0.3) is 0 Å². The molecule has 1 unspecified atom stereocenters. The number of nitrogens with one attached hydrogen (secondary N) is 1. The molecule has 0 bridgehead atoms. The smallest absolute Gasteiger partial charge is 0.241 e. The number of amides is 1. The van der Waals surface area contributed by atoms with Crippen LogP contribution in [0.2, 0.25) is 0 Å². The van der Waals surface area contributed by atoms with Crippen molar-refractivity contribution in [2.75, 3.05) is 31.5 Å². The topological polar surface area (TPSA) is 61.6 Å². The molecule has 0 aliphatic carbocycles. The number of piperazine rings is 1. The van der Waals surface area contributed by atoms with Gasteiger partial charge in [0.1, 0.15) is 5.82 Å². The van der Waals surface area contributed by atoms with E-state index in [2.05, 4.69) is 20.3 Å². The van der Waals surface area contributed by atoms with Gasteiger partial charge in [0.15, 0.2) is 5.76 Å². The Bertz CT molecular complexity index is 769. The van der Waals surface area contributed by atoms with Crippen LogP contribution in [-0.2, 0) is 11.3 Å². The predicted molar refractivity (Wildman–Crippen MR) is 97.3 cm³/mol. The molecule has 1 aromatic heterocycles. The lowest BCUT2D eigenvalue weighted by atomic mass is 10.2. The number of benzene rings is 1. The van der Waals surface area contributed by atoms with Crippen molar-refractivity contribution in [3.8, 4) is 0 Å². The number of aryl methyl sites for hydroxylation is 2. The van der Waals surface area contributed by atoms with Gasteiger partial charge in [-0.1, -0.05) is 11.2 Å². The number of hydrogen-bond donors (Lipinski definition) is 1. The largest absolute Gasteiger partial charge is 0.360 e. The van der Waals surface area contributed by atoms with E-state index >= 15 is 0 Å². The molecular weight excluding hydrogens is 335 g/mol. The lowest BCUT2D eigenvalue weighted by Gasteiger charge is -2.37. The Balaban J connectivity index is 1.50. The molecule has 1 aromatic carbocycles. The van der Waals surface area contributed by atoms with Crippen LogP contribution in [0.25, 0.3) is 0 Å². The molecule has 2 heterocycles. The van der Waals surface area contributed by atoms with Crippen LogP contribution in [0.4, 0.5) is 10.1 Å². The van der Waals surface area contributed by atoms with E-state index in [-0.39, 0.29) is 17.8 Å². The van der Waals surface area contributed by atoms with Crippen LogP contribution in [0.5, 0.6) is 0 Å². The SMILES string of the molecule is Cc1cc(CN2CCN(C(C)C(=O)Nc3ccc(C)c(F)c3)CC2)on1. The lowest BCUT2D eigenvalue weighted by molar-refractivity contribution is -0.121. The fourth-order valence-electron chi connectivity index (χ4n) is 3.10. The van der Waals surface area contributed by atoms with Crippen LogP contribution < -0.4 is 5.32 Å². The number of anilines is 1. The summed E-state index contributed by atoms with van der Waals surface area (Å²) in [4.78, 5) is 16.9. The van der Waals surface area contributed by atoms with Crippen LogP contribution in [0.15, 0.2) is 28.8 Å². The molecule has 0 saturated carbocycles.